The van der Waals surface area contributed by atoms with E-state index in [0.29, 0.717) is 26.9 Å². The normalized spacial score (nSPS) is 15.8. The number of anilines is 1. The number of nitrogens with zero attached hydrogens (tertiary/aromatic N) is 1. The molecule has 2 aromatic rings. The summed E-state index contributed by atoms with van der Waals surface area (Å²) < 4.78 is 6.83. The lowest BCUT2D eigenvalue weighted by Crippen LogP contribution is -2.54. The summed E-state index contributed by atoms with van der Waals surface area (Å²) in [7, 11) is 0. The third-order valence-electron chi connectivity index (χ3n) is 3.82. The number of para-hydroxylation sites is 1. The van der Waals surface area contributed by atoms with Crippen LogP contribution in [0.4, 0.5) is 10.5 Å². The van der Waals surface area contributed by atoms with Gasteiger partial charge in [-0.25, -0.2) is 9.69 Å². The van der Waals surface area contributed by atoms with Crippen LogP contribution < -0.4 is 15.0 Å². The highest BCUT2D eigenvalue weighted by Crippen LogP contribution is 2.36. The highest BCUT2D eigenvalue weighted by atomic mass is 79.9. The maximum Gasteiger partial charge on any atom is 0.335 e. The first-order valence-corrected chi connectivity index (χ1v) is 10.1. The first-order valence-electron chi connectivity index (χ1n) is 8.11. The van der Waals surface area contributed by atoms with Crippen molar-refractivity contribution >= 4 is 73.1 Å². The molecule has 28 heavy (non-hydrogen) atoms. The summed E-state index contributed by atoms with van der Waals surface area (Å²) in [5, 5.41) is 2.38. The van der Waals surface area contributed by atoms with Crippen LogP contribution in [0.3, 0.4) is 0 Å². The molecule has 0 unspecified atom stereocenters. The molecule has 0 spiro atoms. The Morgan fingerprint density at radius 2 is 1.79 bits per heavy atom. The Morgan fingerprint density at radius 3 is 2.39 bits per heavy atom. The van der Waals surface area contributed by atoms with Crippen molar-refractivity contribution in [1.29, 1.82) is 0 Å². The number of barbiturate groups is 1. The van der Waals surface area contributed by atoms with Crippen molar-refractivity contribution in [3.63, 3.8) is 0 Å². The number of hydrogen-bond donors (Lipinski definition) is 1. The summed E-state index contributed by atoms with van der Waals surface area (Å²) in [6.07, 6.45) is 1.40. The largest absolute Gasteiger partial charge is 0.492 e. The first-order chi connectivity index (χ1) is 13.3. The number of halogens is 3. The minimum absolute atomic E-state index is 0.192. The zero-order valence-corrected chi connectivity index (χ0v) is 18.4. The number of ether oxygens (including phenoxy) is 1. The molecule has 1 aliphatic heterocycles. The molecule has 1 fully saturated rings. The quantitative estimate of drug-likeness (QED) is 0.451. The summed E-state index contributed by atoms with van der Waals surface area (Å²) in [4.78, 5) is 38.3. The van der Waals surface area contributed by atoms with Crippen LogP contribution in [0.15, 0.2) is 50.9 Å². The highest BCUT2D eigenvalue weighted by Gasteiger charge is 2.37. The number of nitrogens with one attached hydrogen (secondary N) is 1. The number of amides is 4. The minimum Gasteiger partial charge on any atom is -0.492 e. The second-order valence-electron chi connectivity index (χ2n) is 5.66. The molecule has 0 saturated carbocycles. The SMILES string of the molecule is CCOc1c(Br)cc(/C=C2\C(=O)NC(=O)N(c3ccccc3Cl)C2=O)cc1Br. The van der Waals surface area contributed by atoms with Gasteiger partial charge in [-0.15, -0.1) is 0 Å². The predicted molar refractivity (Wildman–Crippen MR) is 113 cm³/mol. The molecule has 0 aliphatic carbocycles. The van der Waals surface area contributed by atoms with Crippen molar-refractivity contribution < 1.29 is 19.1 Å². The van der Waals surface area contributed by atoms with E-state index in [1.165, 1.54) is 12.1 Å². The fourth-order valence-corrected chi connectivity index (χ4v) is 4.29. The summed E-state index contributed by atoms with van der Waals surface area (Å²) >= 11 is 12.9. The van der Waals surface area contributed by atoms with Gasteiger partial charge < -0.3 is 4.74 Å². The Bertz CT molecular complexity index is 1000. The van der Waals surface area contributed by atoms with E-state index >= 15 is 0 Å². The molecule has 0 aromatic heterocycles. The van der Waals surface area contributed by atoms with Crippen molar-refractivity contribution in [1.82, 2.24) is 5.32 Å². The molecule has 0 bridgehead atoms. The van der Waals surface area contributed by atoms with Gasteiger partial charge in [0.25, 0.3) is 11.8 Å². The van der Waals surface area contributed by atoms with Gasteiger partial charge >= 0.3 is 6.03 Å². The van der Waals surface area contributed by atoms with Gasteiger partial charge in [0.1, 0.15) is 11.3 Å². The second kappa shape index (κ2) is 8.46. The lowest BCUT2D eigenvalue weighted by molar-refractivity contribution is -0.122. The van der Waals surface area contributed by atoms with Crippen LogP contribution in [-0.4, -0.2) is 24.5 Å². The van der Waals surface area contributed by atoms with Gasteiger partial charge in [0.05, 0.1) is 26.3 Å². The van der Waals surface area contributed by atoms with Crippen molar-refractivity contribution in [2.75, 3.05) is 11.5 Å². The Morgan fingerprint density at radius 1 is 1.14 bits per heavy atom. The van der Waals surface area contributed by atoms with E-state index in [0.717, 1.165) is 4.90 Å². The number of carbonyl (C=O) groups excluding carboxylic acids is 3. The second-order valence-corrected chi connectivity index (χ2v) is 7.77. The lowest BCUT2D eigenvalue weighted by Gasteiger charge is -2.27. The molecule has 6 nitrogen and oxygen atoms in total. The van der Waals surface area contributed by atoms with Crippen LogP contribution >= 0.6 is 43.5 Å². The van der Waals surface area contributed by atoms with Crippen molar-refractivity contribution in [2.45, 2.75) is 6.92 Å². The summed E-state index contributed by atoms with van der Waals surface area (Å²) in [6.45, 7) is 2.34. The molecule has 2 aromatic carbocycles. The molecule has 9 heteroatoms. The molecule has 4 amide bonds. The Balaban J connectivity index is 2.04. The fourth-order valence-electron chi connectivity index (χ4n) is 2.62. The summed E-state index contributed by atoms with van der Waals surface area (Å²) in [5.41, 5.74) is 0.566. The zero-order chi connectivity index (χ0) is 20.4. The topological polar surface area (TPSA) is 75.7 Å². The van der Waals surface area contributed by atoms with Gasteiger partial charge in [0.15, 0.2) is 0 Å². The molecule has 1 heterocycles. The van der Waals surface area contributed by atoms with Gasteiger partial charge in [-0.05, 0) is 74.7 Å². The number of benzene rings is 2. The van der Waals surface area contributed by atoms with E-state index in [-0.39, 0.29) is 16.3 Å². The summed E-state index contributed by atoms with van der Waals surface area (Å²) in [5.74, 6) is -0.931. The minimum atomic E-state index is -0.852. The maximum absolute atomic E-state index is 12.9. The number of carbonyl (C=O) groups is 3. The third-order valence-corrected chi connectivity index (χ3v) is 5.31. The van der Waals surface area contributed by atoms with Gasteiger partial charge in [0, 0.05) is 0 Å². The number of rotatable bonds is 4. The van der Waals surface area contributed by atoms with Gasteiger partial charge in [-0.3, -0.25) is 14.9 Å². The average molecular weight is 529 g/mol. The molecule has 0 radical (unpaired) electrons. The van der Waals surface area contributed by atoms with E-state index < -0.39 is 17.8 Å². The van der Waals surface area contributed by atoms with E-state index in [1.54, 1.807) is 30.3 Å². The maximum atomic E-state index is 12.9. The molecular weight excluding hydrogens is 515 g/mol. The van der Waals surface area contributed by atoms with Crippen molar-refractivity contribution in [3.05, 3.63) is 61.5 Å². The van der Waals surface area contributed by atoms with Crippen molar-refractivity contribution in [2.24, 2.45) is 0 Å². The van der Waals surface area contributed by atoms with E-state index in [1.807, 2.05) is 6.92 Å². The van der Waals surface area contributed by atoms with E-state index in [2.05, 4.69) is 37.2 Å². The van der Waals surface area contributed by atoms with Gasteiger partial charge in [0.2, 0.25) is 0 Å². The Hall–Kier alpha value is -2.16. The predicted octanol–water partition coefficient (Wildman–Crippen LogP) is 4.93. The monoisotopic (exact) mass is 526 g/mol. The Kier molecular flexibility index (Phi) is 6.22. The van der Waals surface area contributed by atoms with Crippen molar-refractivity contribution in [3.8, 4) is 5.75 Å². The Labute approximate surface area is 182 Å². The molecule has 1 N–H and O–H groups in total. The van der Waals surface area contributed by atoms with Crippen LogP contribution in [0, 0.1) is 0 Å². The standard InChI is InChI=1S/C19H13Br2ClN2O4/c1-2-28-16-12(20)8-10(9-13(16)21)7-11-17(25)23-19(27)24(18(11)26)15-6-4-3-5-14(15)22/h3-9H,2H2,1H3,(H,23,25,27)/b11-7+. The molecular formula is C19H13Br2ClN2O4. The molecule has 1 saturated heterocycles. The number of hydrogen-bond acceptors (Lipinski definition) is 4. The van der Waals surface area contributed by atoms with Crippen LogP contribution in [-0.2, 0) is 9.59 Å². The van der Waals surface area contributed by atoms with Crippen LogP contribution in [0.2, 0.25) is 5.02 Å². The fraction of sp³-hybridized carbons (Fsp3) is 0.105. The van der Waals surface area contributed by atoms with Crippen LogP contribution in [0.5, 0.6) is 5.75 Å². The molecule has 0 atom stereocenters. The summed E-state index contributed by atoms with van der Waals surface area (Å²) in [6, 6.07) is 8.96. The molecule has 144 valence electrons. The van der Waals surface area contributed by atoms with Crippen LogP contribution in [0.1, 0.15) is 12.5 Å². The highest BCUT2D eigenvalue weighted by molar-refractivity contribution is 9.11. The number of urea groups is 1. The lowest BCUT2D eigenvalue weighted by atomic mass is 10.1. The first kappa shape index (κ1) is 20.6. The molecule has 1 aliphatic rings. The van der Waals surface area contributed by atoms with E-state index in [9.17, 15) is 14.4 Å². The van der Waals surface area contributed by atoms with Gasteiger partial charge in [-0.2, -0.15) is 0 Å². The zero-order valence-electron chi connectivity index (χ0n) is 14.5. The smallest absolute Gasteiger partial charge is 0.335 e. The van der Waals surface area contributed by atoms with E-state index in [4.69, 9.17) is 16.3 Å². The van der Waals surface area contributed by atoms with Crippen LogP contribution in [0.25, 0.3) is 6.08 Å². The third kappa shape index (κ3) is 3.99. The average Bonchev–Trinajstić information content (AvgIpc) is 2.63. The van der Waals surface area contributed by atoms with Gasteiger partial charge in [-0.1, -0.05) is 23.7 Å². The molecule has 3 rings (SSSR count). The number of imide groups is 2.